The maximum Gasteiger partial charge on any atom is 0.169 e. The first-order valence-electron chi connectivity index (χ1n) is 8.74. The van der Waals surface area contributed by atoms with Crippen molar-refractivity contribution < 1.29 is 4.74 Å². The molecule has 2 aromatic rings. The number of hydrogen-bond donors (Lipinski definition) is 1. The first-order valence-corrected chi connectivity index (χ1v) is 9.15. The van der Waals surface area contributed by atoms with Gasteiger partial charge in [-0.3, -0.25) is 0 Å². The molecule has 3 rings (SSSR count). The van der Waals surface area contributed by atoms with Crippen LogP contribution in [0.4, 0.5) is 0 Å². The molecule has 24 heavy (non-hydrogen) atoms. The normalized spacial score (nSPS) is 15.2. The van der Waals surface area contributed by atoms with E-state index in [0.29, 0.717) is 6.04 Å². The summed E-state index contributed by atoms with van der Waals surface area (Å²) in [5.74, 6) is 0.894. The summed E-state index contributed by atoms with van der Waals surface area (Å²) in [5.41, 5.74) is 1.27. The van der Waals surface area contributed by atoms with Gasteiger partial charge in [0, 0.05) is 19.6 Å². The van der Waals surface area contributed by atoms with Gasteiger partial charge in [-0.1, -0.05) is 37.5 Å². The molecule has 2 aromatic carbocycles. The van der Waals surface area contributed by atoms with Crippen molar-refractivity contribution in [2.24, 2.45) is 0 Å². The lowest BCUT2D eigenvalue weighted by molar-refractivity contribution is 0.392. The van der Waals surface area contributed by atoms with Crippen molar-refractivity contribution in [1.82, 2.24) is 10.2 Å². The molecule has 0 amide bonds. The summed E-state index contributed by atoms with van der Waals surface area (Å²) >= 11 is 5.58. The van der Waals surface area contributed by atoms with Crippen molar-refractivity contribution in [3.8, 4) is 5.75 Å². The van der Waals surface area contributed by atoms with Crippen LogP contribution in [0.15, 0.2) is 36.4 Å². The molecule has 0 radical (unpaired) electrons. The lowest BCUT2D eigenvalue weighted by Crippen LogP contribution is -2.43. The maximum atomic E-state index is 5.58. The molecule has 128 valence electrons. The van der Waals surface area contributed by atoms with Gasteiger partial charge in [0.2, 0.25) is 0 Å². The van der Waals surface area contributed by atoms with Crippen molar-refractivity contribution in [1.29, 1.82) is 0 Å². The summed E-state index contributed by atoms with van der Waals surface area (Å²) in [6, 6.07) is 13.3. The number of hydrogen-bond acceptors (Lipinski definition) is 2. The number of methoxy groups -OCH3 is 1. The highest BCUT2D eigenvalue weighted by Crippen LogP contribution is 2.22. The van der Waals surface area contributed by atoms with Crippen LogP contribution in [0.2, 0.25) is 0 Å². The van der Waals surface area contributed by atoms with E-state index in [1.165, 1.54) is 48.4 Å². The van der Waals surface area contributed by atoms with Crippen molar-refractivity contribution in [2.45, 2.75) is 44.7 Å². The van der Waals surface area contributed by atoms with Crippen LogP contribution in [0, 0.1) is 0 Å². The molecule has 1 saturated carbocycles. The molecular formula is C20H26N2OS. The minimum absolute atomic E-state index is 0.553. The summed E-state index contributed by atoms with van der Waals surface area (Å²) in [4.78, 5) is 2.13. The number of ether oxygens (including phenoxy) is 1. The largest absolute Gasteiger partial charge is 0.497 e. The molecule has 1 N–H and O–H groups in total. The van der Waals surface area contributed by atoms with E-state index in [2.05, 4.69) is 47.6 Å². The number of fused-ring (bicyclic) bond motifs is 1. The summed E-state index contributed by atoms with van der Waals surface area (Å²) in [5, 5.41) is 6.82. The molecule has 0 aliphatic heterocycles. The van der Waals surface area contributed by atoms with Crippen LogP contribution in [0.25, 0.3) is 10.8 Å². The predicted octanol–water partition coefficient (Wildman–Crippen LogP) is 4.49. The zero-order valence-electron chi connectivity index (χ0n) is 14.5. The van der Waals surface area contributed by atoms with E-state index in [0.717, 1.165) is 17.4 Å². The van der Waals surface area contributed by atoms with Gasteiger partial charge in [-0.05, 0) is 59.6 Å². The Balaban J connectivity index is 1.63. The Hall–Kier alpha value is -1.81. The minimum atomic E-state index is 0.553. The van der Waals surface area contributed by atoms with Crippen LogP contribution in [0.5, 0.6) is 5.75 Å². The molecule has 4 heteroatoms. The summed E-state index contributed by atoms with van der Waals surface area (Å²) < 4.78 is 5.29. The minimum Gasteiger partial charge on any atom is -0.497 e. The number of benzene rings is 2. The molecule has 1 aliphatic rings. The zero-order valence-corrected chi connectivity index (χ0v) is 15.4. The average Bonchev–Trinajstić information content (AvgIpc) is 2.62. The standard InChI is InChI=1S/C20H26N2OS/c1-22(20(24)21-18-6-4-3-5-7-18)14-15-8-9-17-13-19(23-2)11-10-16(17)12-15/h8-13,18H,3-7,14H2,1-2H3,(H,21,24). The van der Waals surface area contributed by atoms with E-state index >= 15 is 0 Å². The third-order valence-electron chi connectivity index (χ3n) is 4.81. The molecule has 3 nitrogen and oxygen atoms in total. The first kappa shape index (κ1) is 17.0. The van der Waals surface area contributed by atoms with E-state index in [1.807, 2.05) is 6.07 Å². The maximum absolute atomic E-state index is 5.58. The first-order chi connectivity index (χ1) is 11.7. The lowest BCUT2D eigenvalue weighted by Gasteiger charge is -2.28. The van der Waals surface area contributed by atoms with Gasteiger partial charge in [0.25, 0.3) is 0 Å². The SMILES string of the molecule is COc1ccc2cc(CN(C)C(=S)NC3CCCCC3)ccc2c1. The van der Waals surface area contributed by atoms with Crippen molar-refractivity contribution in [3.63, 3.8) is 0 Å². The molecule has 0 unspecified atom stereocenters. The second kappa shape index (κ2) is 7.84. The van der Waals surface area contributed by atoms with Crippen LogP contribution in [-0.4, -0.2) is 30.2 Å². The lowest BCUT2D eigenvalue weighted by atomic mass is 9.96. The van der Waals surface area contributed by atoms with Gasteiger partial charge in [-0.25, -0.2) is 0 Å². The van der Waals surface area contributed by atoms with E-state index in [-0.39, 0.29) is 0 Å². The van der Waals surface area contributed by atoms with E-state index in [9.17, 15) is 0 Å². The monoisotopic (exact) mass is 342 g/mol. The Morgan fingerprint density at radius 3 is 2.58 bits per heavy atom. The molecule has 0 heterocycles. The number of nitrogens with one attached hydrogen (secondary N) is 1. The molecule has 0 saturated heterocycles. The van der Waals surface area contributed by atoms with Crippen LogP contribution in [0.3, 0.4) is 0 Å². The second-order valence-electron chi connectivity index (χ2n) is 6.69. The Morgan fingerprint density at radius 2 is 1.83 bits per heavy atom. The Morgan fingerprint density at radius 1 is 1.12 bits per heavy atom. The summed E-state index contributed by atoms with van der Waals surface area (Å²) in [6.07, 6.45) is 6.48. The van der Waals surface area contributed by atoms with Gasteiger partial charge in [0.1, 0.15) is 5.75 Å². The molecule has 0 spiro atoms. The Bertz CT molecular complexity index is 710. The fourth-order valence-corrected chi connectivity index (χ4v) is 3.61. The van der Waals surface area contributed by atoms with Crippen LogP contribution in [-0.2, 0) is 6.54 Å². The van der Waals surface area contributed by atoms with Gasteiger partial charge in [-0.15, -0.1) is 0 Å². The second-order valence-corrected chi connectivity index (χ2v) is 7.07. The summed E-state index contributed by atoms with van der Waals surface area (Å²) in [6.45, 7) is 0.820. The Labute approximate surface area is 150 Å². The zero-order chi connectivity index (χ0) is 16.9. The Kier molecular flexibility index (Phi) is 5.56. The third-order valence-corrected chi connectivity index (χ3v) is 5.24. The van der Waals surface area contributed by atoms with Gasteiger partial charge in [-0.2, -0.15) is 0 Å². The van der Waals surface area contributed by atoms with Crippen molar-refractivity contribution in [2.75, 3.05) is 14.2 Å². The van der Waals surface area contributed by atoms with Gasteiger partial charge in [0.05, 0.1) is 7.11 Å². The summed E-state index contributed by atoms with van der Waals surface area (Å²) in [7, 11) is 3.77. The molecular weight excluding hydrogens is 316 g/mol. The molecule has 0 aromatic heterocycles. The predicted molar refractivity (Wildman–Crippen MR) is 105 cm³/mol. The number of nitrogens with zero attached hydrogens (tertiary/aromatic N) is 1. The highest BCUT2D eigenvalue weighted by Gasteiger charge is 2.15. The van der Waals surface area contributed by atoms with E-state index in [4.69, 9.17) is 17.0 Å². The van der Waals surface area contributed by atoms with Crippen molar-refractivity contribution >= 4 is 28.1 Å². The number of thiocarbonyl (C=S) groups is 1. The quantitative estimate of drug-likeness (QED) is 0.828. The molecule has 1 aliphatic carbocycles. The van der Waals surface area contributed by atoms with Gasteiger partial charge >= 0.3 is 0 Å². The third kappa shape index (κ3) is 4.18. The highest BCUT2D eigenvalue weighted by molar-refractivity contribution is 7.80. The van der Waals surface area contributed by atoms with Gasteiger partial charge < -0.3 is 15.0 Å². The topological polar surface area (TPSA) is 24.5 Å². The van der Waals surface area contributed by atoms with Crippen LogP contribution >= 0.6 is 12.2 Å². The highest BCUT2D eigenvalue weighted by atomic mass is 32.1. The van der Waals surface area contributed by atoms with E-state index < -0.39 is 0 Å². The van der Waals surface area contributed by atoms with Crippen LogP contribution in [0.1, 0.15) is 37.7 Å². The van der Waals surface area contributed by atoms with Crippen LogP contribution < -0.4 is 10.1 Å². The molecule has 0 atom stereocenters. The van der Waals surface area contributed by atoms with Crippen molar-refractivity contribution in [3.05, 3.63) is 42.0 Å². The smallest absolute Gasteiger partial charge is 0.169 e. The molecule has 0 bridgehead atoms. The van der Waals surface area contributed by atoms with E-state index in [1.54, 1.807) is 7.11 Å². The fraction of sp³-hybridized carbons (Fsp3) is 0.450. The number of rotatable bonds is 4. The molecule has 1 fully saturated rings. The van der Waals surface area contributed by atoms with Gasteiger partial charge in [0.15, 0.2) is 5.11 Å². The fourth-order valence-electron chi connectivity index (χ4n) is 3.38. The average molecular weight is 343 g/mol.